The van der Waals surface area contributed by atoms with Gasteiger partial charge < -0.3 is 21.7 Å². The first-order chi connectivity index (χ1) is 14.0. The first-order valence-corrected chi connectivity index (χ1v) is 12.0. The van der Waals surface area contributed by atoms with Crippen LogP contribution < -0.4 is 27.0 Å². The largest absolute Gasteiger partial charge is 0.355 e. The highest BCUT2D eigenvalue weighted by Crippen LogP contribution is 2.35. The number of nitrogens with one attached hydrogen (secondary N) is 4. The SMILES string of the molecule is CC1CCC(C2NCC(CNC(=O)C3CNC3)C(N3CCC(CN)C3)N2)CC1Cl. The zero-order chi connectivity index (χ0) is 20.4. The highest BCUT2D eigenvalue weighted by molar-refractivity contribution is 6.20. The number of rotatable bonds is 6. The predicted octanol–water partition coefficient (Wildman–Crippen LogP) is 0.107. The van der Waals surface area contributed by atoms with E-state index in [9.17, 15) is 4.79 Å². The van der Waals surface area contributed by atoms with Crippen LogP contribution >= 0.6 is 11.6 Å². The molecule has 1 saturated carbocycles. The van der Waals surface area contributed by atoms with Gasteiger partial charge in [-0.15, -0.1) is 11.6 Å². The summed E-state index contributed by atoms with van der Waals surface area (Å²) in [7, 11) is 0. The predicted molar refractivity (Wildman–Crippen MR) is 116 cm³/mol. The molecule has 7 unspecified atom stereocenters. The van der Waals surface area contributed by atoms with Crippen LogP contribution in [0.5, 0.6) is 0 Å². The van der Waals surface area contributed by atoms with Gasteiger partial charge >= 0.3 is 0 Å². The van der Waals surface area contributed by atoms with Crippen molar-refractivity contribution in [3.63, 3.8) is 0 Å². The Labute approximate surface area is 180 Å². The topological polar surface area (TPSA) is 94.5 Å². The summed E-state index contributed by atoms with van der Waals surface area (Å²) in [6.45, 7) is 8.43. The van der Waals surface area contributed by atoms with Crippen molar-refractivity contribution in [2.75, 3.05) is 45.8 Å². The number of nitrogens with zero attached hydrogens (tertiary/aromatic N) is 1. The van der Waals surface area contributed by atoms with Crippen molar-refractivity contribution in [2.24, 2.45) is 35.3 Å². The van der Waals surface area contributed by atoms with E-state index in [1.54, 1.807) is 0 Å². The minimum atomic E-state index is 0.143. The van der Waals surface area contributed by atoms with Crippen molar-refractivity contribution in [3.8, 4) is 0 Å². The van der Waals surface area contributed by atoms with Crippen LogP contribution in [-0.4, -0.2) is 74.3 Å². The van der Waals surface area contributed by atoms with E-state index in [4.69, 9.17) is 17.3 Å². The van der Waals surface area contributed by atoms with Gasteiger partial charge in [0, 0.05) is 50.6 Å². The van der Waals surface area contributed by atoms with E-state index in [2.05, 4.69) is 33.1 Å². The van der Waals surface area contributed by atoms with Crippen LogP contribution in [0.2, 0.25) is 0 Å². The average Bonchev–Trinajstić information content (AvgIpc) is 3.16. The molecule has 4 aliphatic rings. The Hall–Kier alpha value is -0.440. The minimum Gasteiger partial charge on any atom is -0.355 e. The van der Waals surface area contributed by atoms with Crippen molar-refractivity contribution in [2.45, 2.75) is 50.3 Å². The molecule has 7 atom stereocenters. The quantitative estimate of drug-likeness (QED) is 0.387. The first-order valence-electron chi connectivity index (χ1n) is 11.6. The van der Waals surface area contributed by atoms with Crippen LogP contribution in [0.15, 0.2) is 0 Å². The lowest BCUT2D eigenvalue weighted by Gasteiger charge is -2.47. The second-order valence-corrected chi connectivity index (χ2v) is 10.4. The standard InChI is InChI=1S/C21H39ClN6O/c1-13-2-3-15(6-18(13)22)19-25-10-16(11-26-21(29)17-8-24-9-17)20(27-19)28-5-4-14(7-23)12-28/h13-20,24-25,27H,2-12,23H2,1H3,(H,26,29). The molecule has 4 rings (SSSR count). The highest BCUT2D eigenvalue weighted by atomic mass is 35.5. The second-order valence-electron chi connectivity index (χ2n) is 9.81. The van der Waals surface area contributed by atoms with Gasteiger partial charge in [0.2, 0.25) is 5.91 Å². The first kappa shape index (κ1) is 21.8. The Morgan fingerprint density at radius 3 is 2.72 bits per heavy atom. The molecule has 3 aliphatic heterocycles. The molecule has 29 heavy (non-hydrogen) atoms. The van der Waals surface area contributed by atoms with Crippen molar-refractivity contribution in [1.82, 2.24) is 26.2 Å². The molecule has 0 radical (unpaired) electrons. The fraction of sp³-hybridized carbons (Fsp3) is 0.952. The summed E-state index contributed by atoms with van der Waals surface area (Å²) in [6, 6.07) is 0. The Balaban J connectivity index is 1.38. The van der Waals surface area contributed by atoms with E-state index in [0.29, 0.717) is 29.8 Å². The number of likely N-dealkylation sites (tertiary alicyclic amines) is 1. The Bertz CT molecular complexity index is 561. The summed E-state index contributed by atoms with van der Waals surface area (Å²) in [5, 5.41) is 14.3. The van der Waals surface area contributed by atoms with Gasteiger partial charge in [0.15, 0.2) is 0 Å². The molecule has 3 heterocycles. The molecule has 8 heteroatoms. The molecule has 3 saturated heterocycles. The number of hydrogen-bond donors (Lipinski definition) is 5. The van der Waals surface area contributed by atoms with Crippen LogP contribution in [0.1, 0.15) is 32.6 Å². The molecule has 1 aliphatic carbocycles. The van der Waals surface area contributed by atoms with Gasteiger partial charge in [0.1, 0.15) is 0 Å². The summed E-state index contributed by atoms with van der Waals surface area (Å²) in [6.07, 6.45) is 5.26. The third-order valence-electron chi connectivity index (χ3n) is 7.74. The molecule has 4 fully saturated rings. The van der Waals surface area contributed by atoms with Crippen LogP contribution in [0, 0.1) is 29.6 Å². The number of nitrogens with two attached hydrogens (primary N) is 1. The zero-order valence-corrected chi connectivity index (χ0v) is 18.5. The lowest BCUT2D eigenvalue weighted by atomic mass is 9.80. The molecular weight excluding hydrogens is 388 g/mol. The van der Waals surface area contributed by atoms with Gasteiger partial charge in [0.25, 0.3) is 0 Å². The van der Waals surface area contributed by atoms with Crippen molar-refractivity contribution >= 4 is 17.5 Å². The van der Waals surface area contributed by atoms with Gasteiger partial charge in [-0.25, -0.2) is 0 Å². The lowest BCUT2D eigenvalue weighted by Crippen LogP contribution is -2.68. The normalized spacial score (nSPS) is 41.8. The summed E-state index contributed by atoms with van der Waals surface area (Å²) in [5.41, 5.74) is 5.95. The summed E-state index contributed by atoms with van der Waals surface area (Å²) in [5.74, 6) is 2.46. The maximum absolute atomic E-state index is 12.3. The zero-order valence-electron chi connectivity index (χ0n) is 17.7. The summed E-state index contributed by atoms with van der Waals surface area (Å²) < 4.78 is 0. The van der Waals surface area contributed by atoms with Gasteiger partial charge in [-0.2, -0.15) is 0 Å². The second kappa shape index (κ2) is 9.79. The fourth-order valence-electron chi connectivity index (χ4n) is 5.42. The molecule has 1 amide bonds. The van der Waals surface area contributed by atoms with E-state index < -0.39 is 0 Å². The highest BCUT2D eigenvalue weighted by Gasteiger charge is 2.41. The van der Waals surface area contributed by atoms with Crippen LogP contribution in [-0.2, 0) is 4.79 Å². The molecule has 0 bridgehead atoms. The van der Waals surface area contributed by atoms with E-state index in [1.165, 1.54) is 19.3 Å². The van der Waals surface area contributed by atoms with Gasteiger partial charge in [-0.3, -0.25) is 15.0 Å². The van der Waals surface area contributed by atoms with Crippen LogP contribution in [0.3, 0.4) is 0 Å². The third-order valence-corrected chi connectivity index (χ3v) is 8.35. The molecule has 0 aromatic heterocycles. The monoisotopic (exact) mass is 426 g/mol. The van der Waals surface area contributed by atoms with Gasteiger partial charge in [-0.05, 0) is 50.0 Å². The molecule has 7 nitrogen and oxygen atoms in total. The molecule has 0 spiro atoms. The molecular formula is C21H39ClN6O. The van der Waals surface area contributed by atoms with Gasteiger partial charge in [-0.1, -0.05) is 6.92 Å². The molecule has 166 valence electrons. The fourth-order valence-corrected chi connectivity index (χ4v) is 5.77. The third kappa shape index (κ3) is 5.08. The number of hydrogen-bond acceptors (Lipinski definition) is 6. The van der Waals surface area contributed by atoms with Crippen molar-refractivity contribution < 1.29 is 4.79 Å². The maximum atomic E-state index is 12.3. The van der Waals surface area contributed by atoms with Crippen molar-refractivity contribution in [3.05, 3.63) is 0 Å². The number of alkyl halides is 1. The van der Waals surface area contributed by atoms with E-state index >= 15 is 0 Å². The molecule has 0 aromatic rings. The Kier molecular flexibility index (Phi) is 7.35. The Morgan fingerprint density at radius 1 is 1.24 bits per heavy atom. The summed E-state index contributed by atoms with van der Waals surface area (Å²) >= 11 is 6.61. The average molecular weight is 427 g/mol. The van der Waals surface area contributed by atoms with Crippen LogP contribution in [0.4, 0.5) is 0 Å². The molecule has 6 N–H and O–H groups in total. The van der Waals surface area contributed by atoms with E-state index in [-0.39, 0.29) is 23.4 Å². The summed E-state index contributed by atoms with van der Waals surface area (Å²) in [4.78, 5) is 14.9. The van der Waals surface area contributed by atoms with Crippen LogP contribution in [0.25, 0.3) is 0 Å². The smallest absolute Gasteiger partial charge is 0.225 e. The number of carbonyl (C=O) groups is 1. The maximum Gasteiger partial charge on any atom is 0.225 e. The minimum absolute atomic E-state index is 0.143. The number of carbonyl (C=O) groups excluding carboxylic acids is 1. The molecule has 0 aromatic carbocycles. The van der Waals surface area contributed by atoms with Crippen molar-refractivity contribution in [1.29, 1.82) is 0 Å². The number of halogens is 1. The van der Waals surface area contributed by atoms with E-state index in [0.717, 1.165) is 52.2 Å². The number of amides is 1. The van der Waals surface area contributed by atoms with Gasteiger partial charge in [0.05, 0.1) is 18.2 Å². The Morgan fingerprint density at radius 2 is 2.07 bits per heavy atom. The van der Waals surface area contributed by atoms with E-state index in [1.807, 2.05) is 0 Å². The lowest BCUT2D eigenvalue weighted by molar-refractivity contribution is -0.126.